The van der Waals surface area contributed by atoms with Crippen molar-refractivity contribution in [2.24, 2.45) is 0 Å². The van der Waals surface area contributed by atoms with Crippen molar-refractivity contribution in [2.75, 3.05) is 9.80 Å². The lowest BCUT2D eigenvalue weighted by molar-refractivity contribution is 0.659. The highest BCUT2D eigenvalue weighted by Crippen LogP contribution is 2.56. The quantitative estimate of drug-likeness (QED) is 0.158. The van der Waals surface area contributed by atoms with Crippen LogP contribution in [0.2, 0.25) is 0 Å². The minimum Gasteiger partial charge on any atom is -0.341 e. The summed E-state index contributed by atoms with van der Waals surface area (Å²) in [5, 5.41) is 2.48. The van der Waals surface area contributed by atoms with Gasteiger partial charge >= 0.3 is 0 Å². The van der Waals surface area contributed by atoms with Crippen molar-refractivity contribution in [3.05, 3.63) is 251 Å². The summed E-state index contributed by atoms with van der Waals surface area (Å²) < 4.78 is 2.50. The third-order valence-electron chi connectivity index (χ3n) is 19.0. The molecule has 4 aliphatic carbocycles. The SMILES string of the molecule is CCn1c2ccc(N(c3ccc4c(c3)C(C)(C)c3ccccc3-4)c3ccc4c(c3)C(C)(C)c3ccccc3-4)cc2c2cc(N(c3ccc4c(c3)C(C)(C)c3ccccc3-4)c3ccc4c(c3)C(C)(C)c3ccccc3-4)ccc21. The van der Waals surface area contributed by atoms with Gasteiger partial charge < -0.3 is 14.4 Å². The predicted octanol–water partition coefficient (Wildman–Crippen LogP) is 20.0. The van der Waals surface area contributed by atoms with E-state index in [2.05, 4.69) is 283 Å². The Labute approximate surface area is 453 Å². The summed E-state index contributed by atoms with van der Waals surface area (Å²) in [5.41, 5.74) is 30.4. The fraction of sp³-hybridized carbons (Fsp3) is 0.189. The number of fused-ring (bicyclic) bond motifs is 15. The van der Waals surface area contributed by atoms with Gasteiger partial charge in [-0.1, -0.05) is 177 Å². The smallest absolute Gasteiger partial charge is 0.0492 e. The number of nitrogens with zero attached hydrogens (tertiary/aromatic N) is 3. The van der Waals surface area contributed by atoms with E-state index in [4.69, 9.17) is 0 Å². The number of hydrogen-bond acceptors (Lipinski definition) is 2. The molecule has 0 fully saturated rings. The molecule has 10 aromatic carbocycles. The molecule has 0 amide bonds. The third-order valence-corrected chi connectivity index (χ3v) is 19.0. The summed E-state index contributed by atoms with van der Waals surface area (Å²) in [6.07, 6.45) is 0. The molecule has 374 valence electrons. The van der Waals surface area contributed by atoms with Gasteiger partial charge in [-0.05, 0) is 181 Å². The first-order valence-electron chi connectivity index (χ1n) is 27.8. The van der Waals surface area contributed by atoms with E-state index in [1.807, 2.05) is 0 Å². The Morgan fingerprint density at radius 1 is 0.273 bits per heavy atom. The zero-order valence-corrected chi connectivity index (χ0v) is 45.7. The highest BCUT2D eigenvalue weighted by molar-refractivity contribution is 6.11. The predicted molar refractivity (Wildman–Crippen MR) is 325 cm³/mol. The molecule has 0 saturated heterocycles. The standard InChI is InChI=1S/C74H63N3/c1-10-75-69-37-31-45(76(47-27-33-55-51-19-11-15-23-61(51)71(2,3)65(55)41-47)48-28-34-56-52-20-12-16-24-62(52)72(4,5)66(56)42-48)39-59(69)60-40-46(32-38-70(60)75)77(49-29-35-57-53-21-13-17-25-63(53)73(6,7)67(57)43-49)50-30-36-58-54-22-14-18-26-64(54)74(8,9)68(58)44-50/h11-44H,10H2,1-9H3. The number of anilines is 6. The second kappa shape index (κ2) is 15.8. The molecule has 77 heavy (non-hydrogen) atoms. The van der Waals surface area contributed by atoms with Crippen LogP contribution in [0.25, 0.3) is 66.3 Å². The monoisotopic (exact) mass is 994 g/mol. The summed E-state index contributed by atoms with van der Waals surface area (Å²) in [4.78, 5) is 5.05. The first-order valence-corrected chi connectivity index (χ1v) is 27.8. The zero-order chi connectivity index (χ0) is 52.5. The molecule has 1 heterocycles. The van der Waals surface area contributed by atoms with Gasteiger partial charge in [-0.15, -0.1) is 0 Å². The van der Waals surface area contributed by atoms with Crippen LogP contribution in [0.5, 0.6) is 0 Å². The van der Waals surface area contributed by atoms with Crippen molar-refractivity contribution in [3.8, 4) is 44.5 Å². The second-order valence-electron chi connectivity index (χ2n) is 24.4. The molecule has 1 aromatic heterocycles. The summed E-state index contributed by atoms with van der Waals surface area (Å²) in [5.74, 6) is 0. The van der Waals surface area contributed by atoms with Crippen LogP contribution in [0.3, 0.4) is 0 Å². The van der Waals surface area contributed by atoms with Gasteiger partial charge in [0.15, 0.2) is 0 Å². The van der Waals surface area contributed by atoms with Crippen molar-refractivity contribution < 1.29 is 0 Å². The van der Waals surface area contributed by atoms with Crippen LogP contribution in [0.4, 0.5) is 34.1 Å². The van der Waals surface area contributed by atoms with Crippen LogP contribution in [0.15, 0.2) is 206 Å². The molecule has 3 nitrogen and oxygen atoms in total. The van der Waals surface area contributed by atoms with Crippen molar-refractivity contribution in [3.63, 3.8) is 0 Å². The van der Waals surface area contributed by atoms with E-state index in [1.165, 1.54) is 111 Å². The number of hydrogen-bond donors (Lipinski definition) is 0. The van der Waals surface area contributed by atoms with Crippen LogP contribution in [-0.2, 0) is 28.2 Å². The molecule has 0 spiro atoms. The van der Waals surface area contributed by atoms with Gasteiger partial charge in [-0.2, -0.15) is 0 Å². The average molecular weight is 994 g/mol. The summed E-state index contributed by atoms with van der Waals surface area (Å²) in [7, 11) is 0. The fourth-order valence-corrected chi connectivity index (χ4v) is 14.9. The maximum atomic E-state index is 2.53. The van der Waals surface area contributed by atoms with E-state index in [0.29, 0.717) is 0 Å². The Hall–Kier alpha value is -8.40. The maximum Gasteiger partial charge on any atom is 0.0492 e. The van der Waals surface area contributed by atoms with Crippen molar-refractivity contribution >= 4 is 55.9 Å². The first-order chi connectivity index (χ1) is 37.2. The van der Waals surface area contributed by atoms with Gasteiger partial charge in [0.2, 0.25) is 0 Å². The highest BCUT2D eigenvalue weighted by atomic mass is 15.2. The molecule has 0 aliphatic heterocycles. The zero-order valence-electron chi connectivity index (χ0n) is 45.7. The molecule has 3 heteroatoms. The molecular weight excluding hydrogens is 931 g/mol. The van der Waals surface area contributed by atoms with E-state index < -0.39 is 0 Å². The Bertz CT molecular complexity index is 3860. The Kier molecular flexibility index (Phi) is 9.45. The van der Waals surface area contributed by atoms with E-state index in [0.717, 1.165) is 40.7 Å². The van der Waals surface area contributed by atoms with Gasteiger partial charge in [0.05, 0.1) is 0 Å². The van der Waals surface area contributed by atoms with E-state index >= 15 is 0 Å². The summed E-state index contributed by atoms with van der Waals surface area (Å²) in [6.45, 7) is 22.2. The van der Waals surface area contributed by atoms with Crippen molar-refractivity contribution in [1.29, 1.82) is 0 Å². The summed E-state index contributed by atoms with van der Waals surface area (Å²) >= 11 is 0. The van der Waals surface area contributed by atoms with Crippen molar-refractivity contribution in [1.82, 2.24) is 4.57 Å². The van der Waals surface area contributed by atoms with Gasteiger partial charge in [-0.3, -0.25) is 0 Å². The lowest BCUT2D eigenvalue weighted by atomic mass is 9.82. The molecule has 4 aliphatic rings. The fourth-order valence-electron chi connectivity index (χ4n) is 14.9. The molecular formula is C74H63N3. The maximum absolute atomic E-state index is 2.53. The number of aromatic nitrogens is 1. The number of benzene rings is 10. The van der Waals surface area contributed by atoms with Gasteiger partial charge in [0.1, 0.15) is 0 Å². The minimum atomic E-state index is -0.146. The largest absolute Gasteiger partial charge is 0.341 e. The second-order valence-corrected chi connectivity index (χ2v) is 24.4. The third kappa shape index (κ3) is 6.26. The number of rotatable bonds is 7. The molecule has 15 rings (SSSR count). The van der Waals surface area contributed by atoms with Crippen LogP contribution in [0, 0.1) is 0 Å². The Balaban J connectivity index is 0.934. The lowest BCUT2D eigenvalue weighted by Gasteiger charge is -2.30. The van der Waals surface area contributed by atoms with Crippen LogP contribution < -0.4 is 9.80 Å². The minimum absolute atomic E-state index is 0.146. The van der Waals surface area contributed by atoms with Gasteiger partial charge in [-0.25, -0.2) is 0 Å². The first kappa shape index (κ1) is 45.9. The van der Waals surface area contributed by atoms with Crippen LogP contribution in [-0.4, -0.2) is 4.57 Å². The molecule has 0 N–H and O–H groups in total. The van der Waals surface area contributed by atoms with Gasteiger partial charge in [0.25, 0.3) is 0 Å². The molecule has 11 aromatic rings. The molecule has 0 radical (unpaired) electrons. The topological polar surface area (TPSA) is 11.4 Å². The molecule has 0 atom stereocenters. The van der Waals surface area contributed by atoms with E-state index in [1.54, 1.807) is 0 Å². The highest BCUT2D eigenvalue weighted by Gasteiger charge is 2.40. The van der Waals surface area contributed by atoms with E-state index in [-0.39, 0.29) is 21.7 Å². The normalized spacial score (nSPS) is 15.8. The van der Waals surface area contributed by atoms with Crippen molar-refractivity contribution in [2.45, 2.75) is 90.5 Å². The molecule has 0 unspecified atom stereocenters. The van der Waals surface area contributed by atoms with E-state index in [9.17, 15) is 0 Å². The lowest BCUT2D eigenvalue weighted by Crippen LogP contribution is -2.18. The average Bonchev–Trinajstić information content (AvgIpc) is 4.32. The number of aryl methyl sites for hydroxylation is 1. The Morgan fingerprint density at radius 3 is 0.779 bits per heavy atom. The Morgan fingerprint density at radius 2 is 0.506 bits per heavy atom. The van der Waals surface area contributed by atoms with Crippen LogP contribution in [0.1, 0.15) is 107 Å². The molecule has 0 bridgehead atoms. The van der Waals surface area contributed by atoms with Gasteiger partial charge in [0, 0.05) is 84.1 Å². The summed E-state index contributed by atoms with van der Waals surface area (Å²) in [6, 6.07) is 79.1. The molecule has 0 saturated carbocycles. The van der Waals surface area contributed by atoms with Crippen LogP contribution >= 0.6 is 0 Å².